The number of carbonyl (C=O) groups is 1. The van der Waals surface area contributed by atoms with E-state index in [1.165, 1.54) is 12.3 Å². The number of aryl methyl sites for hydroxylation is 1. The molecule has 1 amide bonds. The van der Waals surface area contributed by atoms with Gasteiger partial charge in [-0.15, -0.1) is 0 Å². The molecule has 2 unspecified atom stereocenters. The van der Waals surface area contributed by atoms with Crippen molar-refractivity contribution in [3.05, 3.63) is 18.0 Å². The Balaban J connectivity index is 2.36. The zero-order valence-electron chi connectivity index (χ0n) is 12.7. The molecule has 1 aliphatic rings. The lowest BCUT2D eigenvalue weighted by Crippen LogP contribution is -2.46. The maximum Gasteiger partial charge on any atom is 0.270 e. The third-order valence-corrected chi connectivity index (χ3v) is 5.27. The summed E-state index contributed by atoms with van der Waals surface area (Å²) in [7, 11) is -3.79. The highest BCUT2D eigenvalue weighted by molar-refractivity contribution is 7.89. The molecule has 0 saturated carbocycles. The first-order valence-corrected chi connectivity index (χ1v) is 8.84. The average Bonchev–Trinajstić information content (AvgIpc) is 2.85. The van der Waals surface area contributed by atoms with Gasteiger partial charge in [0.25, 0.3) is 5.91 Å². The van der Waals surface area contributed by atoms with E-state index in [4.69, 9.17) is 5.14 Å². The summed E-state index contributed by atoms with van der Waals surface area (Å²) in [6, 6.07) is 1.54. The smallest absolute Gasteiger partial charge is 0.270 e. The van der Waals surface area contributed by atoms with Crippen molar-refractivity contribution >= 4 is 15.9 Å². The van der Waals surface area contributed by atoms with Crippen LogP contribution < -0.4 is 5.14 Å². The molecule has 2 atom stereocenters. The van der Waals surface area contributed by atoms with E-state index in [0.29, 0.717) is 24.7 Å². The third kappa shape index (κ3) is 3.13. The zero-order chi connectivity index (χ0) is 15.8. The molecule has 21 heavy (non-hydrogen) atoms. The van der Waals surface area contributed by atoms with Crippen molar-refractivity contribution in [2.45, 2.75) is 51.1 Å². The molecule has 0 radical (unpaired) electrons. The fraction of sp³-hybridized carbons (Fsp3) is 0.643. The van der Waals surface area contributed by atoms with Crippen LogP contribution in [0.4, 0.5) is 0 Å². The molecule has 0 spiro atoms. The van der Waals surface area contributed by atoms with E-state index in [2.05, 4.69) is 6.92 Å². The molecule has 118 valence electrons. The van der Waals surface area contributed by atoms with Crippen LogP contribution in [-0.4, -0.2) is 36.4 Å². The van der Waals surface area contributed by atoms with E-state index < -0.39 is 10.0 Å². The average molecular weight is 313 g/mol. The number of sulfonamides is 1. The number of nitrogens with zero attached hydrogens (tertiary/aromatic N) is 2. The van der Waals surface area contributed by atoms with Crippen molar-refractivity contribution in [2.75, 3.05) is 6.54 Å². The number of rotatable bonds is 3. The minimum atomic E-state index is -3.79. The number of primary sulfonamides is 1. The SMILES string of the molecule is CCn1cc(S(N)(=O)=O)cc1C(=O)N1CCCC(C)C1C. The van der Waals surface area contributed by atoms with Crippen molar-refractivity contribution in [1.29, 1.82) is 0 Å². The van der Waals surface area contributed by atoms with Crippen LogP contribution in [0.3, 0.4) is 0 Å². The molecule has 0 bridgehead atoms. The topological polar surface area (TPSA) is 85.4 Å². The molecule has 2 rings (SSSR count). The summed E-state index contributed by atoms with van der Waals surface area (Å²) in [6.07, 6.45) is 3.52. The molecule has 0 aromatic carbocycles. The van der Waals surface area contributed by atoms with Crippen LogP contribution in [0.2, 0.25) is 0 Å². The maximum absolute atomic E-state index is 12.7. The standard InChI is InChI=1S/C14H23N3O3S/c1-4-16-9-12(21(15,19)20)8-13(16)14(18)17-7-5-6-10(2)11(17)3/h8-11H,4-7H2,1-3H3,(H2,15,19,20). The second kappa shape index (κ2) is 5.81. The summed E-state index contributed by atoms with van der Waals surface area (Å²) in [5, 5.41) is 5.16. The lowest BCUT2D eigenvalue weighted by Gasteiger charge is -2.38. The fourth-order valence-electron chi connectivity index (χ4n) is 2.85. The van der Waals surface area contributed by atoms with Gasteiger partial charge in [0.05, 0.1) is 0 Å². The molecule has 1 aromatic rings. The molecule has 2 N–H and O–H groups in total. The molecule has 1 aliphatic heterocycles. The summed E-state index contributed by atoms with van der Waals surface area (Å²) < 4.78 is 24.6. The van der Waals surface area contributed by atoms with E-state index in [1.807, 2.05) is 18.7 Å². The van der Waals surface area contributed by atoms with Crippen molar-refractivity contribution in [3.63, 3.8) is 0 Å². The van der Waals surface area contributed by atoms with Crippen molar-refractivity contribution in [2.24, 2.45) is 11.1 Å². The number of aromatic nitrogens is 1. The van der Waals surface area contributed by atoms with Crippen LogP contribution in [0.15, 0.2) is 17.2 Å². The summed E-state index contributed by atoms with van der Waals surface area (Å²) >= 11 is 0. The van der Waals surface area contributed by atoms with Gasteiger partial charge < -0.3 is 9.47 Å². The number of piperidine rings is 1. The molecular weight excluding hydrogens is 290 g/mol. The van der Waals surface area contributed by atoms with E-state index in [0.717, 1.165) is 12.8 Å². The van der Waals surface area contributed by atoms with Crippen LogP contribution in [0, 0.1) is 5.92 Å². The minimum Gasteiger partial charge on any atom is -0.342 e. The van der Waals surface area contributed by atoms with Crippen LogP contribution in [-0.2, 0) is 16.6 Å². The van der Waals surface area contributed by atoms with Gasteiger partial charge in [-0.1, -0.05) is 6.92 Å². The minimum absolute atomic E-state index is 0.00888. The van der Waals surface area contributed by atoms with Gasteiger partial charge in [-0.3, -0.25) is 4.79 Å². The lowest BCUT2D eigenvalue weighted by atomic mass is 9.92. The highest BCUT2D eigenvalue weighted by Crippen LogP contribution is 2.25. The maximum atomic E-state index is 12.7. The van der Waals surface area contributed by atoms with Crippen LogP contribution in [0.1, 0.15) is 44.1 Å². The summed E-state index contributed by atoms with van der Waals surface area (Å²) in [5.74, 6) is 0.330. The molecule has 7 heteroatoms. The quantitative estimate of drug-likeness (QED) is 0.915. The van der Waals surface area contributed by atoms with Gasteiger partial charge in [0.2, 0.25) is 10.0 Å². The summed E-state index contributed by atoms with van der Waals surface area (Å²) in [5.41, 5.74) is 0.391. The summed E-state index contributed by atoms with van der Waals surface area (Å²) in [4.78, 5) is 14.6. The normalized spacial score (nSPS) is 23.3. The number of amides is 1. The summed E-state index contributed by atoms with van der Waals surface area (Å²) in [6.45, 7) is 7.28. The molecular formula is C14H23N3O3S. The van der Waals surface area contributed by atoms with Gasteiger partial charge in [-0.2, -0.15) is 0 Å². The number of nitrogens with two attached hydrogens (primary N) is 1. The van der Waals surface area contributed by atoms with Gasteiger partial charge >= 0.3 is 0 Å². The molecule has 1 fully saturated rings. The van der Waals surface area contributed by atoms with Gasteiger partial charge in [0.15, 0.2) is 0 Å². The number of hydrogen-bond donors (Lipinski definition) is 1. The van der Waals surface area contributed by atoms with Crippen molar-refractivity contribution in [1.82, 2.24) is 9.47 Å². The Bertz CT molecular complexity index is 636. The highest BCUT2D eigenvalue weighted by Gasteiger charge is 2.31. The fourth-order valence-corrected chi connectivity index (χ4v) is 3.40. The Kier molecular flexibility index (Phi) is 4.43. The van der Waals surface area contributed by atoms with E-state index >= 15 is 0 Å². The third-order valence-electron chi connectivity index (χ3n) is 4.39. The largest absolute Gasteiger partial charge is 0.342 e. The molecule has 0 aliphatic carbocycles. The van der Waals surface area contributed by atoms with Gasteiger partial charge in [0, 0.05) is 25.3 Å². The Hall–Kier alpha value is -1.34. The number of hydrogen-bond acceptors (Lipinski definition) is 3. The van der Waals surface area contributed by atoms with E-state index in [9.17, 15) is 13.2 Å². The zero-order valence-corrected chi connectivity index (χ0v) is 13.6. The van der Waals surface area contributed by atoms with Crippen molar-refractivity contribution in [3.8, 4) is 0 Å². The molecule has 1 saturated heterocycles. The van der Waals surface area contributed by atoms with Gasteiger partial charge in [-0.05, 0) is 38.7 Å². The first kappa shape index (κ1) is 16.0. The Morgan fingerprint density at radius 3 is 2.67 bits per heavy atom. The van der Waals surface area contributed by atoms with Crippen LogP contribution in [0.25, 0.3) is 0 Å². The molecule has 2 heterocycles. The Morgan fingerprint density at radius 1 is 1.43 bits per heavy atom. The lowest BCUT2D eigenvalue weighted by molar-refractivity contribution is 0.0540. The first-order chi connectivity index (χ1) is 9.75. The monoisotopic (exact) mass is 313 g/mol. The van der Waals surface area contributed by atoms with E-state index in [1.54, 1.807) is 4.57 Å². The number of carbonyl (C=O) groups excluding carboxylic acids is 1. The Labute approximate surface area is 126 Å². The van der Waals surface area contributed by atoms with Crippen LogP contribution >= 0.6 is 0 Å². The predicted octanol–water partition coefficient (Wildman–Crippen LogP) is 1.42. The number of likely N-dealkylation sites (tertiary alicyclic amines) is 1. The second-order valence-electron chi connectivity index (χ2n) is 5.75. The van der Waals surface area contributed by atoms with E-state index in [-0.39, 0.29) is 16.8 Å². The predicted molar refractivity (Wildman–Crippen MR) is 80.4 cm³/mol. The van der Waals surface area contributed by atoms with Crippen LogP contribution in [0.5, 0.6) is 0 Å². The second-order valence-corrected chi connectivity index (χ2v) is 7.31. The Morgan fingerprint density at radius 2 is 2.10 bits per heavy atom. The molecule has 6 nitrogen and oxygen atoms in total. The molecule has 1 aromatic heterocycles. The van der Waals surface area contributed by atoms with Gasteiger partial charge in [-0.25, -0.2) is 13.6 Å². The van der Waals surface area contributed by atoms with Gasteiger partial charge in [0.1, 0.15) is 10.6 Å². The first-order valence-electron chi connectivity index (χ1n) is 7.29. The highest BCUT2D eigenvalue weighted by atomic mass is 32.2. The van der Waals surface area contributed by atoms with Crippen molar-refractivity contribution < 1.29 is 13.2 Å².